The number of nitrogens with zero attached hydrogens (tertiary/aromatic N) is 2. The second-order valence-electron chi connectivity index (χ2n) is 4.05. The summed E-state index contributed by atoms with van der Waals surface area (Å²) >= 11 is 6.10. The molecule has 0 unspecified atom stereocenters. The van der Waals surface area contributed by atoms with E-state index in [1.165, 1.54) is 0 Å². The van der Waals surface area contributed by atoms with Gasteiger partial charge >= 0.3 is 0 Å². The molecule has 0 atom stereocenters. The highest BCUT2D eigenvalue weighted by molar-refractivity contribution is 6.33. The van der Waals surface area contributed by atoms with Gasteiger partial charge in [0.2, 0.25) is 0 Å². The van der Waals surface area contributed by atoms with Crippen LogP contribution in [0.15, 0.2) is 30.6 Å². The highest BCUT2D eigenvalue weighted by Crippen LogP contribution is 2.26. The second-order valence-corrected chi connectivity index (χ2v) is 4.46. The number of aromatic nitrogens is 2. The van der Waals surface area contributed by atoms with E-state index in [0.29, 0.717) is 5.02 Å². The van der Waals surface area contributed by atoms with E-state index in [1.54, 1.807) is 7.11 Å². The summed E-state index contributed by atoms with van der Waals surface area (Å²) in [7, 11) is 1.64. The molecule has 4 nitrogen and oxygen atoms in total. The molecule has 0 amide bonds. The number of ether oxygens (including phenoxy) is 1. The number of hydrogen-bond acceptors (Lipinski definition) is 3. The van der Waals surface area contributed by atoms with Gasteiger partial charge in [-0.15, -0.1) is 0 Å². The van der Waals surface area contributed by atoms with Gasteiger partial charge in [-0.3, -0.25) is 4.68 Å². The van der Waals surface area contributed by atoms with Gasteiger partial charge in [0, 0.05) is 18.8 Å². The van der Waals surface area contributed by atoms with Crippen molar-refractivity contribution in [1.82, 2.24) is 9.78 Å². The SMILES string of the molecule is COc1ccc(Cl)c(NCCn2cc(C)cn2)c1. The van der Waals surface area contributed by atoms with E-state index in [2.05, 4.69) is 10.4 Å². The van der Waals surface area contributed by atoms with E-state index < -0.39 is 0 Å². The van der Waals surface area contributed by atoms with Crippen molar-refractivity contribution in [3.63, 3.8) is 0 Å². The average Bonchev–Trinajstić information content (AvgIpc) is 2.77. The van der Waals surface area contributed by atoms with E-state index in [9.17, 15) is 0 Å². The largest absolute Gasteiger partial charge is 0.497 e. The lowest BCUT2D eigenvalue weighted by Gasteiger charge is -2.10. The first-order valence-electron chi connectivity index (χ1n) is 5.75. The molecule has 1 N–H and O–H groups in total. The Balaban J connectivity index is 1.93. The smallest absolute Gasteiger partial charge is 0.121 e. The molecular formula is C13H16ClN3O. The van der Waals surface area contributed by atoms with Gasteiger partial charge in [0.05, 0.1) is 30.6 Å². The zero-order valence-corrected chi connectivity index (χ0v) is 11.2. The van der Waals surface area contributed by atoms with Crippen LogP contribution in [0, 0.1) is 6.92 Å². The van der Waals surface area contributed by atoms with Crippen molar-refractivity contribution in [2.24, 2.45) is 0 Å². The first kappa shape index (κ1) is 12.8. The maximum Gasteiger partial charge on any atom is 0.121 e. The highest BCUT2D eigenvalue weighted by atomic mass is 35.5. The number of benzene rings is 1. The number of anilines is 1. The minimum absolute atomic E-state index is 0.687. The van der Waals surface area contributed by atoms with E-state index in [1.807, 2.05) is 42.2 Å². The Bertz CT molecular complexity index is 525. The van der Waals surface area contributed by atoms with E-state index in [-0.39, 0.29) is 0 Å². The molecule has 1 heterocycles. The molecule has 0 spiro atoms. The summed E-state index contributed by atoms with van der Waals surface area (Å²) < 4.78 is 7.06. The summed E-state index contributed by atoms with van der Waals surface area (Å²) in [6.45, 7) is 3.57. The van der Waals surface area contributed by atoms with Crippen LogP contribution >= 0.6 is 11.6 Å². The Morgan fingerprint density at radius 3 is 2.94 bits per heavy atom. The number of aryl methyl sites for hydroxylation is 1. The predicted octanol–water partition coefficient (Wildman–Crippen LogP) is 2.97. The molecule has 0 saturated carbocycles. The summed E-state index contributed by atoms with van der Waals surface area (Å²) in [4.78, 5) is 0. The van der Waals surface area contributed by atoms with E-state index >= 15 is 0 Å². The Kier molecular flexibility index (Phi) is 4.10. The van der Waals surface area contributed by atoms with Crippen LogP contribution in [-0.4, -0.2) is 23.4 Å². The molecule has 2 aromatic rings. The van der Waals surface area contributed by atoms with Crippen LogP contribution in [0.4, 0.5) is 5.69 Å². The summed E-state index contributed by atoms with van der Waals surface area (Å²) in [5.41, 5.74) is 2.04. The molecule has 1 aromatic carbocycles. The van der Waals surface area contributed by atoms with Crippen molar-refractivity contribution in [3.8, 4) is 5.75 Å². The fraction of sp³-hybridized carbons (Fsp3) is 0.308. The average molecular weight is 266 g/mol. The molecule has 0 aliphatic carbocycles. The van der Waals surface area contributed by atoms with Gasteiger partial charge in [0.1, 0.15) is 5.75 Å². The Hall–Kier alpha value is -1.68. The number of nitrogens with one attached hydrogen (secondary N) is 1. The Morgan fingerprint density at radius 1 is 1.44 bits per heavy atom. The number of rotatable bonds is 5. The molecule has 2 rings (SSSR count). The van der Waals surface area contributed by atoms with Crippen LogP contribution in [0.2, 0.25) is 5.02 Å². The van der Waals surface area contributed by atoms with Crippen molar-refractivity contribution in [2.45, 2.75) is 13.5 Å². The summed E-state index contributed by atoms with van der Waals surface area (Å²) in [5, 5.41) is 8.18. The van der Waals surface area contributed by atoms with Crippen molar-refractivity contribution in [2.75, 3.05) is 19.0 Å². The molecule has 0 fully saturated rings. The third kappa shape index (κ3) is 3.17. The van der Waals surface area contributed by atoms with Gasteiger partial charge in [-0.1, -0.05) is 11.6 Å². The number of halogens is 1. The topological polar surface area (TPSA) is 39.1 Å². The van der Waals surface area contributed by atoms with E-state index in [0.717, 1.165) is 30.1 Å². The molecule has 0 saturated heterocycles. The first-order chi connectivity index (χ1) is 8.69. The van der Waals surface area contributed by atoms with Crippen molar-refractivity contribution < 1.29 is 4.74 Å². The van der Waals surface area contributed by atoms with Crippen LogP contribution < -0.4 is 10.1 Å². The summed E-state index contributed by atoms with van der Waals surface area (Å²) in [6, 6.07) is 5.54. The lowest BCUT2D eigenvalue weighted by atomic mass is 10.3. The third-order valence-corrected chi connectivity index (χ3v) is 2.92. The van der Waals surface area contributed by atoms with Crippen LogP contribution in [0.5, 0.6) is 5.75 Å². The molecule has 0 aliphatic rings. The molecule has 0 bridgehead atoms. The fourth-order valence-corrected chi connectivity index (χ4v) is 1.85. The lowest BCUT2D eigenvalue weighted by molar-refractivity contribution is 0.415. The van der Waals surface area contributed by atoms with Gasteiger partial charge in [-0.25, -0.2) is 0 Å². The minimum Gasteiger partial charge on any atom is -0.497 e. The molecule has 18 heavy (non-hydrogen) atoms. The van der Waals surface area contributed by atoms with Gasteiger partial charge in [-0.05, 0) is 24.6 Å². The standard InChI is InChI=1S/C13H16ClN3O/c1-10-8-16-17(9-10)6-5-15-13-7-11(18-2)3-4-12(13)14/h3-4,7-9,15H,5-6H2,1-2H3. The third-order valence-electron chi connectivity index (χ3n) is 2.59. The molecule has 0 aliphatic heterocycles. The Labute approximate surface area is 112 Å². The van der Waals surface area contributed by atoms with Gasteiger partial charge in [-0.2, -0.15) is 5.10 Å². The van der Waals surface area contributed by atoms with Gasteiger partial charge in [0.15, 0.2) is 0 Å². The summed E-state index contributed by atoms with van der Waals surface area (Å²) in [6.07, 6.45) is 3.85. The quantitative estimate of drug-likeness (QED) is 0.903. The van der Waals surface area contributed by atoms with Crippen LogP contribution in [0.25, 0.3) is 0 Å². The fourth-order valence-electron chi connectivity index (χ4n) is 1.66. The molecule has 5 heteroatoms. The molecular weight excluding hydrogens is 250 g/mol. The molecule has 96 valence electrons. The predicted molar refractivity (Wildman–Crippen MR) is 73.5 cm³/mol. The first-order valence-corrected chi connectivity index (χ1v) is 6.13. The molecule has 1 aromatic heterocycles. The lowest BCUT2D eigenvalue weighted by Crippen LogP contribution is -2.11. The van der Waals surface area contributed by atoms with E-state index in [4.69, 9.17) is 16.3 Å². The van der Waals surface area contributed by atoms with Crippen LogP contribution in [-0.2, 0) is 6.54 Å². The van der Waals surface area contributed by atoms with Gasteiger partial charge < -0.3 is 10.1 Å². The highest BCUT2D eigenvalue weighted by Gasteiger charge is 2.02. The number of hydrogen-bond donors (Lipinski definition) is 1. The maximum absolute atomic E-state index is 6.10. The van der Waals surface area contributed by atoms with Crippen molar-refractivity contribution in [1.29, 1.82) is 0 Å². The zero-order chi connectivity index (χ0) is 13.0. The normalized spacial score (nSPS) is 10.4. The van der Waals surface area contributed by atoms with Crippen LogP contribution in [0.3, 0.4) is 0 Å². The molecule has 0 radical (unpaired) electrons. The van der Waals surface area contributed by atoms with Crippen molar-refractivity contribution >= 4 is 17.3 Å². The van der Waals surface area contributed by atoms with Gasteiger partial charge in [0.25, 0.3) is 0 Å². The Morgan fingerprint density at radius 2 is 2.28 bits per heavy atom. The van der Waals surface area contributed by atoms with Crippen molar-refractivity contribution in [3.05, 3.63) is 41.2 Å². The maximum atomic E-state index is 6.10. The number of methoxy groups -OCH3 is 1. The second kappa shape index (κ2) is 5.78. The minimum atomic E-state index is 0.687. The summed E-state index contributed by atoms with van der Waals surface area (Å²) in [5.74, 6) is 0.789. The monoisotopic (exact) mass is 265 g/mol. The van der Waals surface area contributed by atoms with Crippen LogP contribution in [0.1, 0.15) is 5.56 Å². The zero-order valence-electron chi connectivity index (χ0n) is 10.5.